The highest BCUT2D eigenvalue weighted by Gasteiger charge is 2.35. The molecule has 0 radical (unpaired) electrons. The minimum atomic E-state index is -0.316. The van der Waals surface area contributed by atoms with Crippen LogP contribution < -0.4 is 14.4 Å². The maximum atomic E-state index is 13.7. The zero-order valence-corrected chi connectivity index (χ0v) is 24.5. The predicted molar refractivity (Wildman–Crippen MR) is 158 cm³/mol. The number of ether oxygens (including phenoxy) is 2. The van der Waals surface area contributed by atoms with E-state index in [9.17, 15) is 9.59 Å². The molecule has 0 aromatic heterocycles. The number of nitrogens with zero attached hydrogens (tertiary/aromatic N) is 3. The maximum Gasteiger partial charge on any atom is 0.232 e. The molecule has 1 unspecified atom stereocenters. The van der Waals surface area contributed by atoms with Crippen LogP contribution in [0.1, 0.15) is 45.1 Å². The zero-order chi connectivity index (χ0) is 26.9. The first-order valence-electron chi connectivity index (χ1n) is 14.2. The molecule has 214 valence electrons. The van der Waals surface area contributed by atoms with Crippen LogP contribution in [-0.2, 0) is 16.0 Å². The van der Waals surface area contributed by atoms with Gasteiger partial charge in [0.1, 0.15) is 0 Å². The average molecular weight is 558 g/mol. The van der Waals surface area contributed by atoms with Gasteiger partial charge in [-0.3, -0.25) is 9.59 Å². The lowest BCUT2D eigenvalue weighted by atomic mass is 9.90. The predicted octanol–water partition coefficient (Wildman–Crippen LogP) is 5.06. The SMILES string of the molecule is CCOc1ccc(N(CCCN2CCC(Cc3ccccc3)CC2)C(=O)C2CC(=O)N(C)C2)cc1OCC.Cl. The van der Waals surface area contributed by atoms with Crippen molar-refractivity contribution in [2.45, 2.75) is 46.0 Å². The summed E-state index contributed by atoms with van der Waals surface area (Å²) in [5.74, 6) is 1.79. The third-order valence-corrected chi connectivity index (χ3v) is 7.73. The van der Waals surface area contributed by atoms with Crippen LogP contribution in [-0.4, -0.2) is 74.6 Å². The van der Waals surface area contributed by atoms with Crippen LogP contribution in [0.5, 0.6) is 11.5 Å². The van der Waals surface area contributed by atoms with Gasteiger partial charge >= 0.3 is 0 Å². The Balaban J connectivity index is 0.00000420. The van der Waals surface area contributed by atoms with Crippen LogP contribution in [0.25, 0.3) is 0 Å². The number of amides is 2. The Morgan fingerprint density at radius 3 is 2.33 bits per heavy atom. The van der Waals surface area contributed by atoms with Gasteiger partial charge < -0.3 is 24.2 Å². The number of halogens is 1. The van der Waals surface area contributed by atoms with Crippen LogP contribution >= 0.6 is 12.4 Å². The van der Waals surface area contributed by atoms with Crippen molar-refractivity contribution in [3.8, 4) is 11.5 Å². The number of rotatable bonds is 12. The molecule has 8 heteroatoms. The van der Waals surface area contributed by atoms with Crippen molar-refractivity contribution >= 4 is 29.9 Å². The number of hydrogen-bond donors (Lipinski definition) is 0. The topological polar surface area (TPSA) is 62.3 Å². The summed E-state index contributed by atoms with van der Waals surface area (Å²) in [5.41, 5.74) is 2.23. The van der Waals surface area contributed by atoms with Gasteiger partial charge in [-0.1, -0.05) is 30.3 Å². The Bertz CT molecular complexity index is 1060. The summed E-state index contributed by atoms with van der Waals surface area (Å²) < 4.78 is 11.6. The number of carbonyl (C=O) groups is 2. The highest BCUT2D eigenvalue weighted by atomic mass is 35.5. The first-order valence-corrected chi connectivity index (χ1v) is 14.2. The molecule has 0 aliphatic carbocycles. The van der Waals surface area contributed by atoms with Gasteiger partial charge in [0.25, 0.3) is 0 Å². The molecular formula is C31H44ClN3O4. The van der Waals surface area contributed by atoms with E-state index in [1.165, 1.54) is 18.4 Å². The number of hydrogen-bond acceptors (Lipinski definition) is 5. The summed E-state index contributed by atoms with van der Waals surface area (Å²) in [5, 5.41) is 0. The Morgan fingerprint density at radius 2 is 1.69 bits per heavy atom. The van der Waals surface area contributed by atoms with E-state index in [2.05, 4.69) is 35.2 Å². The molecule has 0 N–H and O–H groups in total. The summed E-state index contributed by atoms with van der Waals surface area (Å²) in [4.78, 5) is 31.9. The van der Waals surface area contributed by atoms with E-state index in [4.69, 9.17) is 9.47 Å². The van der Waals surface area contributed by atoms with Crippen LogP contribution in [0.4, 0.5) is 5.69 Å². The van der Waals surface area contributed by atoms with Gasteiger partial charge in [-0.05, 0) is 82.8 Å². The fourth-order valence-electron chi connectivity index (χ4n) is 5.64. The van der Waals surface area contributed by atoms with E-state index in [1.807, 2.05) is 36.9 Å². The van der Waals surface area contributed by atoms with Gasteiger partial charge in [-0.15, -0.1) is 12.4 Å². The molecule has 2 aliphatic heterocycles. The lowest BCUT2D eigenvalue weighted by Gasteiger charge is -2.33. The molecule has 2 heterocycles. The number of anilines is 1. The summed E-state index contributed by atoms with van der Waals surface area (Å²) >= 11 is 0. The average Bonchev–Trinajstić information content (AvgIpc) is 3.27. The van der Waals surface area contributed by atoms with E-state index in [0.29, 0.717) is 37.8 Å². The lowest BCUT2D eigenvalue weighted by molar-refractivity contribution is -0.127. The first-order chi connectivity index (χ1) is 18.5. The van der Waals surface area contributed by atoms with Crippen molar-refractivity contribution in [3.05, 3.63) is 54.1 Å². The minimum Gasteiger partial charge on any atom is -0.490 e. The van der Waals surface area contributed by atoms with Crippen LogP contribution in [0.3, 0.4) is 0 Å². The van der Waals surface area contributed by atoms with Crippen molar-refractivity contribution in [2.75, 3.05) is 57.9 Å². The molecule has 2 saturated heterocycles. The third kappa shape index (κ3) is 8.36. The zero-order valence-electron chi connectivity index (χ0n) is 23.6. The molecule has 0 saturated carbocycles. The normalized spacial score (nSPS) is 18.1. The second-order valence-corrected chi connectivity index (χ2v) is 10.5. The largest absolute Gasteiger partial charge is 0.490 e. The number of benzene rings is 2. The van der Waals surface area contributed by atoms with Gasteiger partial charge in [-0.25, -0.2) is 0 Å². The molecular weight excluding hydrogens is 514 g/mol. The Labute approximate surface area is 239 Å². The molecule has 2 fully saturated rings. The van der Waals surface area contributed by atoms with Crippen molar-refractivity contribution in [1.29, 1.82) is 0 Å². The van der Waals surface area contributed by atoms with Crippen LogP contribution in [0.15, 0.2) is 48.5 Å². The molecule has 39 heavy (non-hydrogen) atoms. The third-order valence-electron chi connectivity index (χ3n) is 7.73. The van der Waals surface area contributed by atoms with Gasteiger partial charge in [0.15, 0.2) is 11.5 Å². The monoisotopic (exact) mass is 557 g/mol. The molecule has 4 rings (SSSR count). The number of carbonyl (C=O) groups excluding carboxylic acids is 2. The smallest absolute Gasteiger partial charge is 0.232 e. The molecule has 2 aromatic carbocycles. The Morgan fingerprint density at radius 1 is 1.00 bits per heavy atom. The second-order valence-electron chi connectivity index (χ2n) is 10.5. The fraction of sp³-hybridized carbons (Fsp3) is 0.548. The summed E-state index contributed by atoms with van der Waals surface area (Å²) in [6.07, 6.45) is 4.74. The van der Waals surface area contributed by atoms with Crippen molar-refractivity contribution < 1.29 is 19.1 Å². The molecule has 7 nitrogen and oxygen atoms in total. The highest BCUT2D eigenvalue weighted by Crippen LogP contribution is 2.34. The van der Waals surface area contributed by atoms with Crippen molar-refractivity contribution in [1.82, 2.24) is 9.80 Å². The molecule has 2 aromatic rings. The van der Waals surface area contributed by atoms with E-state index < -0.39 is 0 Å². The molecule has 0 spiro atoms. The number of piperidine rings is 1. The standard InChI is InChI=1S/C31H43N3O4.ClH/c1-4-37-28-13-12-27(22-29(28)38-5-2)34(31(36)26-21-30(35)32(3)23-26)17-9-16-33-18-14-25(15-19-33)20-24-10-7-6-8-11-24;/h6-8,10-13,22,25-26H,4-5,9,14-21,23H2,1-3H3;1H. The second kappa shape index (κ2) is 15.1. The van der Waals surface area contributed by atoms with E-state index in [0.717, 1.165) is 44.1 Å². The Hall–Kier alpha value is -2.77. The minimum absolute atomic E-state index is 0. The molecule has 1 atom stereocenters. The maximum absolute atomic E-state index is 13.7. The van der Waals surface area contributed by atoms with E-state index >= 15 is 0 Å². The molecule has 0 bridgehead atoms. The summed E-state index contributed by atoms with van der Waals surface area (Å²) in [6, 6.07) is 16.5. The summed E-state index contributed by atoms with van der Waals surface area (Å²) in [6.45, 7) is 9.18. The van der Waals surface area contributed by atoms with Gasteiger partial charge in [0.05, 0.1) is 19.1 Å². The lowest BCUT2D eigenvalue weighted by Crippen LogP contribution is -2.40. The van der Waals surface area contributed by atoms with E-state index in [-0.39, 0.29) is 36.6 Å². The summed E-state index contributed by atoms with van der Waals surface area (Å²) in [7, 11) is 1.77. The van der Waals surface area contributed by atoms with Crippen molar-refractivity contribution in [3.63, 3.8) is 0 Å². The van der Waals surface area contributed by atoms with E-state index in [1.54, 1.807) is 11.9 Å². The van der Waals surface area contributed by atoms with Gasteiger partial charge in [0, 0.05) is 38.3 Å². The first kappa shape index (κ1) is 30.8. The van der Waals surface area contributed by atoms with Crippen LogP contribution in [0, 0.1) is 11.8 Å². The fourth-order valence-corrected chi connectivity index (χ4v) is 5.64. The Kier molecular flexibility index (Phi) is 11.9. The van der Waals surface area contributed by atoms with Gasteiger partial charge in [0.2, 0.25) is 11.8 Å². The molecule has 2 aliphatic rings. The van der Waals surface area contributed by atoms with Gasteiger partial charge in [-0.2, -0.15) is 0 Å². The van der Waals surface area contributed by atoms with Crippen molar-refractivity contribution in [2.24, 2.45) is 11.8 Å². The highest BCUT2D eigenvalue weighted by molar-refractivity contribution is 5.99. The quantitative estimate of drug-likeness (QED) is 0.365. The van der Waals surface area contributed by atoms with Crippen LogP contribution in [0.2, 0.25) is 0 Å². The number of likely N-dealkylation sites (tertiary alicyclic amines) is 2. The molecule has 2 amide bonds.